The number of aromatic nitrogens is 4. The number of fused-ring (bicyclic) bond motifs is 1. The van der Waals surface area contributed by atoms with Gasteiger partial charge in [-0.1, -0.05) is 30.3 Å². The summed E-state index contributed by atoms with van der Waals surface area (Å²) in [4.78, 5) is 4.12. The van der Waals surface area contributed by atoms with Crippen LogP contribution in [0.15, 0.2) is 54.6 Å². The fourth-order valence-electron chi connectivity index (χ4n) is 4.36. The second kappa shape index (κ2) is 8.06. The molecule has 0 spiro atoms. The van der Waals surface area contributed by atoms with Gasteiger partial charge in [0.2, 0.25) is 0 Å². The maximum atomic E-state index is 13.1. The Bertz CT molecular complexity index is 1310. The Morgan fingerprint density at radius 3 is 2.03 bits per heavy atom. The maximum Gasteiger partial charge on any atom is 0.416 e. The van der Waals surface area contributed by atoms with E-state index in [4.69, 9.17) is 0 Å². The van der Waals surface area contributed by atoms with Crippen molar-refractivity contribution in [1.82, 2.24) is 20.0 Å². The lowest BCUT2D eigenvalue weighted by molar-refractivity contribution is -0.137. The number of benzene rings is 2. The summed E-state index contributed by atoms with van der Waals surface area (Å²) in [7, 11) is 0. The average Bonchev–Trinajstić information content (AvgIpc) is 3.15. The molecule has 0 unspecified atom stereocenters. The van der Waals surface area contributed by atoms with Crippen molar-refractivity contribution in [2.45, 2.75) is 20.0 Å². The molecular formula is C24H23F3N6. The van der Waals surface area contributed by atoms with Gasteiger partial charge in [-0.25, -0.2) is 4.68 Å². The van der Waals surface area contributed by atoms with Crippen LogP contribution in [0.2, 0.25) is 0 Å². The van der Waals surface area contributed by atoms with E-state index >= 15 is 0 Å². The summed E-state index contributed by atoms with van der Waals surface area (Å²) in [5, 5.41) is 15.5. The summed E-state index contributed by atoms with van der Waals surface area (Å²) in [6.45, 7) is 6.38. The first-order valence-electron chi connectivity index (χ1n) is 10.8. The Morgan fingerprint density at radius 2 is 1.39 bits per heavy atom. The van der Waals surface area contributed by atoms with Crippen LogP contribution in [0.4, 0.5) is 24.7 Å². The third-order valence-corrected chi connectivity index (χ3v) is 5.98. The molecule has 4 aromatic rings. The zero-order valence-electron chi connectivity index (χ0n) is 18.3. The second-order valence-electron chi connectivity index (χ2n) is 8.25. The lowest BCUT2D eigenvalue weighted by Gasteiger charge is -2.37. The van der Waals surface area contributed by atoms with Gasteiger partial charge >= 0.3 is 6.18 Å². The predicted octanol–water partition coefficient (Wildman–Crippen LogP) is 4.78. The van der Waals surface area contributed by atoms with Gasteiger partial charge in [0.1, 0.15) is 0 Å². The minimum Gasteiger partial charge on any atom is -0.368 e. The van der Waals surface area contributed by atoms with E-state index in [0.717, 1.165) is 34.0 Å². The molecule has 1 aliphatic heterocycles. The predicted molar refractivity (Wildman–Crippen MR) is 122 cm³/mol. The van der Waals surface area contributed by atoms with Crippen LogP contribution in [0, 0.1) is 13.8 Å². The summed E-state index contributed by atoms with van der Waals surface area (Å²) in [5.41, 5.74) is 1.85. The molecule has 170 valence electrons. The number of anilines is 2. The van der Waals surface area contributed by atoms with Crippen LogP contribution >= 0.6 is 0 Å². The highest BCUT2D eigenvalue weighted by atomic mass is 19.4. The van der Waals surface area contributed by atoms with Gasteiger partial charge in [0.15, 0.2) is 11.6 Å². The molecule has 0 bridgehead atoms. The molecule has 0 N–H and O–H groups in total. The number of halogens is 3. The minimum atomic E-state index is -4.35. The van der Waals surface area contributed by atoms with Gasteiger partial charge in [-0.05, 0) is 38.1 Å². The molecule has 0 saturated carbocycles. The monoisotopic (exact) mass is 452 g/mol. The van der Waals surface area contributed by atoms with Crippen LogP contribution in [-0.2, 0) is 6.18 Å². The molecule has 9 heteroatoms. The van der Waals surface area contributed by atoms with E-state index in [-0.39, 0.29) is 0 Å². The van der Waals surface area contributed by atoms with Crippen molar-refractivity contribution in [2.75, 3.05) is 36.0 Å². The fourth-order valence-corrected chi connectivity index (χ4v) is 4.36. The Morgan fingerprint density at radius 1 is 0.758 bits per heavy atom. The standard InChI is InChI=1S/C24H23F3N6/c1-16-14-17(2)33(30-16)23-21-9-4-3-8-20(21)22(28-29-23)32-12-10-31(11-13-32)19-7-5-6-18(15-19)24(25,26)27/h3-9,14-15H,10-13H2,1-2H3. The van der Waals surface area contributed by atoms with E-state index in [2.05, 4.69) is 20.2 Å². The molecule has 0 amide bonds. The van der Waals surface area contributed by atoms with Crippen LogP contribution in [0.5, 0.6) is 0 Å². The smallest absolute Gasteiger partial charge is 0.368 e. The first-order chi connectivity index (χ1) is 15.8. The van der Waals surface area contributed by atoms with Crippen molar-refractivity contribution in [3.63, 3.8) is 0 Å². The van der Waals surface area contributed by atoms with Crippen molar-refractivity contribution in [2.24, 2.45) is 0 Å². The Hall–Kier alpha value is -3.62. The topological polar surface area (TPSA) is 50.1 Å². The van der Waals surface area contributed by atoms with E-state index < -0.39 is 11.7 Å². The lowest BCUT2D eigenvalue weighted by atomic mass is 10.1. The van der Waals surface area contributed by atoms with Crippen molar-refractivity contribution in [3.05, 3.63) is 71.5 Å². The molecule has 5 rings (SSSR count). The van der Waals surface area contributed by atoms with Crippen molar-refractivity contribution < 1.29 is 13.2 Å². The zero-order chi connectivity index (χ0) is 23.2. The summed E-state index contributed by atoms with van der Waals surface area (Å²) < 4.78 is 41.1. The normalized spacial score (nSPS) is 14.8. The average molecular weight is 452 g/mol. The quantitative estimate of drug-likeness (QED) is 0.448. The first-order valence-corrected chi connectivity index (χ1v) is 10.8. The van der Waals surface area contributed by atoms with Gasteiger partial charge in [0.05, 0.1) is 11.3 Å². The van der Waals surface area contributed by atoms with Crippen LogP contribution in [0.25, 0.3) is 16.6 Å². The number of rotatable bonds is 3. The third kappa shape index (κ3) is 3.99. The molecule has 0 radical (unpaired) electrons. The van der Waals surface area contributed by atoms with Crippen molar-refractivity contribution >= 4 is 22.3 Å². The molecule has 1 saturated heterocycles. The number of nitrogens with zero attached hydrogens (tertiary/aromatic N) is 6. The molecule has 1 aliphatic rings. The van der Waals surface area contributed by atoms with E-state index in [0.29, 0.717) is 37.7 Å². The second-order valence-corrected chi connectivity index (χ2v) is 8.25. The van der Waals surface area contributed by atoms with Gasteiger partial charge in [0, 0.05) is 48.3 Å². The van der Waals surface area contributed by atoms with Gasteiger partial charge in [-0.2, -0.15) is 18.3 Å². The molecule has 6 nitrogen and oxygen atoms in total. The molecule has 2 aromatic carbocycles. The lowest BCUT2D eigenvalue weighted by Crippen LogP contribution is -2.47. The highest BCUT2D eigenvalue weighted by Gasteiger charge is 2.31. The molecular weight excluding hydrogens is 429 g/mol. The molecule has 0 aliphatic carbocycles. The Kier molecular flexibility index (Phi) is 5.19. The summed E-state index contributed by atoms with van der Waals surface area (Å²) >= 11 is 0. The van der Waals surface area contributed by atoms with Gasteiger partial charge in [-0.15, -0.1) is 10.2 Å². The highest BCUT2D eigenvalue weighted by molar-refractivity contribution is 5.96. The van der Waals surface area contributed by atoms with Gasteiger partial charge < -0.3 is 9.80 Å². The number of aryl methyl sites for hydroxylation is 2. The molecule has 3 heterocycles. The van der Waals surface area contributed by atoms with Crippen molar-refractivity contribution in [3.8, 4) is 5.82 Å². The number of piperazine rings is 1. The van der Waals surface area contributed by atoms with Crippen LogP contribution in [0.3, 0.4) is 0 Å². The summed E-state index contributed by atoms with van der Waals surface area (Å²) in [6, 6.07) is 15.5. The molecule has 0 atom stereocenters. The SMILES string of the molecule is Cc1cc(C)n(-c2nnc(N3CCN(c4cccc(C(F)(F)F)c4)CC3)c3ccccc23)n1. The number of hydrogen-bond donors (Lipinski definition) is 0. The maximum absolute atomic E-state index is 13.1. The van der Waals surface area contributed by atoms with E-state index in [1.165, 1.54) is 12.1 Å². The first kappa shape index (κ1) is 21.2. The summed E-state index contributed by atoms with van der Waals surface area (Å²) in [6.07, 6.45) is -4.35. The molecule has 33 heavy (non-hydrogen) atoms. The van der Waals surface area contributed by atoms with Gasteiger partial charge in [-0.3, -0.25) is 0 Å². The zero-order valence-corrected chi connectivity index (χ0v) is 18.3. The number of alkyl halides is 3. The van der Waals surface area contributed by atoms with Crippen molar-refractivity contribution in [1.29, 1.82) is 0 Å². The van der Waals surface area contributed by atoms with E-state index in [9.17, 15) is 13.2 Å². The Labute approximate surface area is 189 Å². The van der Waals surface area contributed by atoms with E-state index in [1.54, 1.807) is 10.7 Å². The number of hydrogen-bond acceptors (Lipinski definition) is 5. The largest absolute Gasteiger partial charge is 0.416 e. The van der Waals surface area contributed by atoms with E-state index in [1.807, 2.05) is 49.1 Å². The molecule has 1 fully saturated rings. The molecule has 2 aromatic heterocycles. The van der Waals surface area contributed by atoms with Crippen LogP contribution in [0.1, 0.15) is 17.0 Å². The highest BCUT2D eigenvalue weighted by Crippen LogP contribution is 2.33. The fraction of sp³-hybridized carbons (Fsp3) is 0.292. The summed E-state index contributed by atoms with van der Waals surface area (Å²) in [5.74, 6) is 1.46. The third-order valence-electron chi connectivity index (χ3n) is 5.98. The minimum absolute atomic E-state index is 0.584. The van der Waals surface area contributed by atoms with Gasteiger partial charge in [0.25, 0.3) is 0 Å². The Balaban J connectivity index is 1.42. The van der Waals surface area contributed by atoms with Crippen LogP contribution in [-0.4, -0.2) is 46.2 Å². The van der Waals surface area contributed by atoms with Crippen LogP contribution < -0.4 is 9.80 Å².